The Hall–Kier alpha value is -1.64. The number of ether oxygens (including phenoxy) is 1. The summed E-state index contributed by atoms with van der Waals surface area (Å²) >= 11 is 2.79. The maximum absolute atomic E-state index is 12.0. The summed E-state index contributed by atoms with van der Waals surface area (Å²) in [6.07, 6.45) is 0. The second-order valence-corrected chi connectivity index (χ2v) is 7.11. The molecule has 1 heterocycles. The molecule has 2 N–H and O–H groups in total. The highest BCUT2D eigenvalue weighted by Gasteiger charge is 2.34. The van der Waals surface area contributed by atoms with Gasteiger partial charge >= 0.3 is 5.97 Å². The number of fused-ring (bicyclic) bond motifs is 1. The van der Waals surface area contributed by atoms with Gasteiger partial charge in [-0.3, -0.25) is 4.79 Å². The third-order valence-corrected chi connectivity index (χ3v) is 5.10. The minimum Gasteiger partial charge on any atom is -0.479 e. The van der Waals surface area contributed by atoms with Crippen LogP contribution in [0.5, 0.6) is 0 Å². The average Bonchev–Trinajstić information content (AvgIpc) is 2.88. The van der Waals surface area contributed by atoms with Crippen LogP contribution in [0.4, 0.5) is 0 Å². The van der Waals surface area contributed by atoms with E-state index in [2.05, 4.69) is 10.3 Å². The summed E-state index contributed by atoms with van der Waals surface area (Å²) in [4.78, 5) is 27.6. The molecule has 118 valence electrons. The molecule has 2 rings (SSSR count). The number of carbonyl (C=O) groups is 2. The molecule has 8 heteroatoms. The number of benzene rings is 1. The van der Waals surface area contributed by atoms with Crippen molar-refractivity contribution >= 4 is 45.2 Å². The number of carboxylic acids is 1. The van der Waals surface area contributed by atoms with Gasteiger partial charge in [0.1, 0.15) is 0 Å². The average molecular weight is 340 g/mol. The summed E-state index contributed by atoms with van der Waals surface area (Å²) < 4.78 is 6.69. The van der Waals surface area contributed by atoms with Crippen molar-refractivity contribution in [3.63, 3.8) is 0 Å². The monoisotopic (exact) mass is 340 g/mol. The van der Waals surface area contributed by atoms with Crippen molar-refractivity contribution in [3.05, 3.63) is 24.3 Å². The number of carboxylic acid groups (broad SMARTS) is 1. The Labute approximate surface area is 135 Å². The molecule has 1 atom stereocenters. The van der Waals surface area contributed by atoms with Crippen LogP contribution in [0, 0.1) is 0 Å². The lowest BCUT2D eigenvalue weighted by Gasteiger charge is -2.25. The van der Waals surface area contributed by atoms with E-state index < -0.39 is 11.5 Å². The standard InChI is InChI=1S/C14H16N2O4S2/c1-14(8-20-2,12(18)19)16-11(17)7-21-13-15-9-5-3-4-6-10(9)22-13/h3-6H,7-8H2,1-2H3,(H,16,17)(H,18,19). The quantitative estimate of drug-likeness (QED) is 0.750. The highest BCUT2D eigenvalue weighted by Crippen LogP contribution is 2.29. The van der Waals surface area contributed by atoms with Crippen molar-refractivity contribution in [2.24, 2.45) is 0 Å². The van der Waals surface area contributed by atoms with Gasteiger partial charge in [-0.15, -0.1) is 11.3 Å². The number of thiazole rings is 1. The first-order valence-corrected chi connectivity index (χ1v) is 8.26. The van der Waals surface area contributed by atoms with Crippen LogP contribution in [-0.2, 0) is 14.3 Å². The molecule has 0 aliphatic rings. The fraction of sp³-hybridized carbons (Fsp3) is 0.357. The van der Waals surface area contributed by atoms with Crippen molar-refractivity contribution < 1.29 is 19.4 Å². The third kappa shape index (κ3) is 3.96. The maximum atomic E-state index is 12.0. The molecule has 22 heavy (non-hydrogen) atoms. The van der Waals surface area contributed by atoms with Crippen molar-refractivity contribution in [1.82, 2.24) is 10.3 Å². The molecule has 0 saturated heterocycles. The van der Waals surface area contributed by atoms with E-state index >= 15 is 0 Å². The van der Waals surface area contributed by atoms with E-state index in [4.69, 9.17) is 4.74 Å². The van der Waals surface area contributed by atoms with Crippen molar-refractivity contribution in [2.75, 3.05) is 19.5 Å². The number of para-hydroxylation sites is 1. The van der Waals surface area contributed by atoms with Crippen LogP contribution < -0.4 is 5.32 Å². The van der Waals surface area contributed by atoms with Crippen molar-refractivity contribution in [1.29, 1.82) is 0 Å². The van der Waals surface area contributed by atoms with Crippen LogP contribution in [0.3, 0.4) is 0 Å². The summed E-state index contributed by atoms with van der Waals surface area (Å²) in [6.45, 7) is 1.32. The highest BCUT2D eigenvalue weighted by atomic mass is 32.2. The number of nitrogens with zero attached hydrogens (tertiary/aromatic N) is 1. The van der Waals surface area contributed by atoms with Gasteiger partial charge in [-0.25, -0.2) is 9.78 Å². The molecule has 1 amide bonds. The van der Waals surface area contributed by atoms with E-state index in [0.717, 1.165) is 14.6 Å². The number of amides is 1. The van der Waals surface area contributed by atoms with E-state index in [1.165, 1.54) is 37.1 Å². The minimum atomic E-state index is -1.43. The number of carbonyl (C=O) groups excluding carboxylic acids is 1. The number of thioether (sulfide) groups is 1. The summed E-state index contributed by atoms with van der Waals surface area (Å²) in [5, 5.41) is 11.7. The maximum Gasteiger partial charge on any atom is 0.331 e. The molecule has 1 unspecified atom stereocenters. The number of hydrogen-bond acceptors (Lipinski definition) is 6. The number of methoxy groups -OCH3 is 1. The van der Waals surface area contributed by atoms with Gasteiger partial charge in [0.2, 0.25) is 5.91 Å². The number of aromatic nitrogens is 1. The summed E-state index contributed by atoms with van der Waals surface area (Å²) in [6, 6.07) is 7.73. The van der Waals surface area contributed by atoms with Gasteiger partial charge < -0.3 is 15.2 Å². The molecule has 1 aromatic heterocycles. The first-order chi connectivity index (χ1) is 10.4. The van der Waals surface area contributed by atoms with Gasteiger partial charge in [-0.2, -0.15) is 0 Å². The van der Waals surface area contributed by atoms with Gasteiger partial charge in [0, 0.05) is 7.11 Å². The van der Waals surface area contributed by atoms with Gasteiger partial charge in [0.25, 0.3) is 0 Å². The number of rotatable bonds is 7. The van der Waals surface area contributed by atoms with Crippen LogP contribution in [0.25, 0.3) is 10.2 Å². The third-order valence-electron chi connectivity index (χ3n) is 2.92. The number of aliphatic carboxylic acids is 1. The Balaban J connectivity index is 1.95. The first kappa shape index (κ1) is 16.7. The van der Waals surface area contributed by atoms with Gasteiger partial charge in [-0.05, 0) is 19.1 Å². The predicted molar refractivity (Wildman–Crippen MR) is 86.4 cm³/mol. The molecule has 0 fully saturated rings. The van der Waals surface area contributed by atoms with Gasteiger partial charge in [0.05, 0.1) is 22.6 Å². The van der Waals surface area contributed by atoms with E-state index in [1.807, 2.05) is 24.3 Å². The molecule has 0 radical (unpaired) electrons. The Bertz CT molecular complexity index is 655. The molecule has 0 bridgehead atoms. The lowest BCUT2D eigenvalue weighted by molar-refractivity contribution is -0.148. The number of nitrogens with one attached hydrogen (secondary N) is 1. The Morgan fingerprint density at radius 3 is 2.82 bits per heavy atom. The van der Waals surface area contributed by atoms with Crippen LogP contribution in [-0.4, -0.2) is 47.0 Å². The zero-order valence-corrected chi connectivity index (χ0v) is 13.8. The second kappa shape index (κ2) is 7.08. The van der Waals surface area contributed by atoms with Crippen molar-refractivity contribution in [2.45, 2.75) is 16.8 Å². The first-order valence-electron chi connectivity index (χ1n) is 6.46. The molecule has 0 saturated carbocycles. The number of hydrogen-bond donors (Lipinski definition) is 2. The summed E-state index contributed by atoms with van der Waals surface area (Å²) in [5.74, 6) is -1.40. The van der Waals surface area contributed by atoms with Crippen molar-refractivity contribution in [3.8, 4) is 0 Å². The Morgan fingerprint density at radius 2 is 2.18 bits per heavy atom. The normalized spacial score (nSPS) is 13.7. The minimum absolute atomic E-state index is 0.0973. The Morgan fingerprint density at radius 1 is 1.45 bits per heavy atom. The fourth-order valence-electron chi connectivity index (χ4n) is 1.82. The van der Waals surface area contributed by atoms with Crippen LogP contribution >= 0.6 is 23.1 Å². The van der Waals surface area contributed by atoms with E-state index in [-0.39, 0.29) is 18.3 Å². The Kier molecular flexibility index (Phi) is 5.38. The lowest BCUT2D eigenvalue weighted by Crippen LogP contribution is -2.55. The molecule has 6 nitrogen and oxygen atoms in total. The summed E-state index contributed by atoms with van der Waals surface area (Å²) in [7, 11) is 1.39. The molecular formula is C14H16N2O4S2. The van der Waals surface area contributed by atoms with E-state index in [1.54, 1.807) is 0 Å². The molecular weight excluding hydrogens is 324 g/mol. The topological polar surface area (TPSA) is 88.5 Å². The largest absolute Gasteiger partial charge is 0.479 e. The van der Waals surface area contributed by atoms with Crippen LogP contribution in [0.2, 0.25) is 0 Å². The van der Waals surface area contributed by atoms with Gasteiger partial charge in [0.15, 0.2) is 9.88 Å². The lowest BCUT2D eigenvalue weighted by atomic mass is 10.0. The summed E-state index contributed by atoms with van der Waals surface area (Å²) in [5.41, 5.74) is -0.537. The zero-order valence-electron chi connectivity index (χ0n) is 12.2. The van der Waals surface area contributed by atoms with E-state index in [9.17, 15) is 14.7 Å². The molecule has 2 aromatic rings. The molecule has 0 aliphatic carbocycles. The van der Waals surface area contributed by atoms with E-state index in [0.29, 0.717) is 0 Å². The molecule has 0 spiro atoms. The predicted octanol–water partition coefficient (Wildman–Crippen LogP) is 1.99. The van der Waals surface area contributed by atoms with Crippen LogP contribution in [0.15, 0.2) is 28.6 Å². The highest BCUT2D eigenvalue weighted by molar-refractivity contribution is 8.01. The zero-order chi connectivity index (χ0) is 16.2. The SMILES string of the molecule is COCC(C)(NC(=O)CSc1nc2ccccc2s1)C(=O)O. The fourth-order valence-corrected chi connectivity index (χ4v) is 3.69. The van der Waals surface area contributed by atoms with Gasteiger partial charge in [-0.1, -0.05) is 23.9 Å². The smallest absolute Gasteiger partial charge is 0.331 e. The molecule has 0 aliphatic heterocycles. The molecule has 1 aromatic carbocycles. The van der Waals surface area contributed by atoms with Crippen LogP contribution in [0.1, 0.15) is 6.92 Å². The second-order valence-electron chi connectivity index (χ2n) is 4.85.